The maximum atomic E-state index is 5.62. The van der Waals surface area contributed by atoms with Crippen LogP contribution in [0.2, 0.25) is 0 Å². The average Bonchev–Trinajstić information content (AvgIpc) is 3.28. The standard InChI is InChI=1S/C27H34N4OS/c1-19-3-4-22-11-16-33-18-25(22)26(17-21-9-14-32-15-10-21)30-27(19)29-23-5-7-24(8-6-23)31-13-12-28-20(31)2/h4-8,12-13,19,21H,3,9-11,14-18H2,1-2H3,(H,29,30). The van der Waals surface area contributed by atoms with Crippen LogP contribution in [0.5, 0.6) is 0 Å². The molecule has 5 nitrogen and oxygen atoms in total. The van der Waals surface area contributed by atoms with Crippen LogP contribution in [0.15, 0.2) is 64.6 Å². The predicted molar refractivity (Wildman–Crippen MR) is 138 cm³/mol. The monoisotopic (exact) mass is 462 g/mol. The normalized spacial score (nSPS) is 22.2. The zero-order valence-corrected chi connectivity index (χ0v) is 20.5. The van der Waals surface area contributed by atoms with E-state index in [0.29, 0.717) is 11.8 Å². The first-order chi connectivity index (χ1) is 16.2. The van der Waals surface area contributed by atoms with Crippen LogP contribution in [-0.2, 0) is 4.74 Å². The Bertz CT molecular complexity index is 1060. The summed E-state index contributed by atoms with van der Waals surface area (Å²) in [5.74, 6) is 5.43. The SMILES string of the molecule is Cc1nccn1-c1ccc(NC2=NC(CC3CCOCC3)=C3CSCCC3=CCC2C)cc1. The lowest BCUT2D eigenvalue weighted by atomic mass is 9.89. The lowest BCUT2D eigenvalue weighted by Gasteiger charge is -2.28. The van der Waals surface area contributed by atoms with Gasteiger partial charge in [-0.05, 0) is 86.1 Å². The summed E-state index contributed by atoms with van der Waals surface area (Å²) in [6, 6.07) is 8.57. The molecular weight excluding hydrogens is 428 g/mol. The average molecular weight is 463 g/mol. The minimum atomic E-state index is 0.355. The van der Waals surface area contributed by atoms with Gasteiger partial charge in [0.05, 0.1) is 0 Å². The van der Waals surface area contributed by atoms with Gasteiger partial charge in [0.1, 0.15) is 11.7 Å². The van der Waals surface area contributed by atoms with Gasteiger partial charge in [-0.25, -0.2) is 9.98 Å². The Morgan fingerprint density at radius 3 is 2.76 bits per heavy atom. The van der Waals surface area contributed by atoms with Crippen molar-refractivity contribution < 1.29 is 4.74 Å². The minimum Gasteiger partial charge on any atom is -0.381 e. The van der Waals surface area contributed by atoms with Crippen molar-refractivity contribution in [3.8, 4) is 5.69 Å². The van der Waals surface area contributed by atoms with E-state index in [2.05, 4.69) is 52.1 Å². The topological polar surface area (TPSA) is 51.4 Å². The maximum Gasteiger partial charge on any atom is 0.110 e. The fourth-order valence-electron chi connectivity index (χ4n) is 4.90. The molecule has 4 heterocycles. The fraction of sp³-hybridized carbons (Fsp3) is 0.481. The van der Waals surface area contributed by atoms with Crippen molar-refractivity contribution in [3.63, 3.8) is 0 Å². The van der Waals surface area contributed by atoms with Crippen LogP contribution in [0.3, 0.4) is 0 Å². The van der Waals surface area contributed by atoms with Crippen molar-refractivity contribution in [2.45, 2.75) is 46.0 Å². The molecular formula is C27H34N4OS. The lowest BCUT2D eigenvalue weighted by Crippen LogP contribution is -2.24. The molecule has 33 heavy (non-hydrogen) atoms. The minimum absolute atomic E-state index is 0.355. The molecule has 1 N–H and O–H groups in total. The second-order valence-electron chi connectivity index (χ2n) is 9.37. The van der Waals surface area contributed by atoms with Gasteiger partial charge in [-0.3, -0.25) is 0 Å². The zero-order valence-electron chi connectivity index (χ0n) is 19.7. The number of allylic oxidation sites excluding steroid dienone is 3. The second kappa shape index (κ2) is 10.3. The van der Waals surface area contributed by atoms with Crippen molar-refractivity contribution in [2.75, 3.05) is 30.0 Å². The van der Waals surface area contributed by atoms with Gasteiger partial charge in [0.15, 0.2) is 0 Å². The number of anilines is 1. The zero-order chi connectivity index (χ0) is 22.6. The Labute approximate surface area is 201 Å². The van der Waals surface area contributed by atoms with Crippen molar-refractivity contribution in [1.82, 2.24) is 9.55 Å². The van der Waals surface area contributed by atoms with E-state index < -0.39 is 0 Å². The van der Waals surface area contributed by atoms with Crippen LogP contribution in [0.25, 0.3) is 5.69 Å². The molecule has 1 aromatic carbocycles. The number of imidazole rings is 1. The van der Waals surface area contributed by atoms with Gasteiger partial charge in [0, 0.05) is 54.4 Å². The number of benzene rings is 1. The number of aromatic nitrogens is 2. The molecule has 3 aliphatic heterocycles. The Balaban J connectivity index is 1.42. The first-order valence-electron chi connectivity index (χ1n) is 12.2. The smallest absolute Gasteiger partial charge is 0.110 e. The molecule has 2 aromatic rings. The Kier molecular flexibility index (Phi) is 7.02. The molecule has 3 aliphatic rings. The third-order valence-corrected chi connectivity index (χ3v) is 7.99. The van der Waals surface area contributed by atoms with E-state index in [9.17, 15) is 0 Å². The molecule has 0 radical (unpaired) electrons. The van der Waals surface area contributed by atoms with Gasteiger partial charge in [-0.15, -0.1) is 0 Å². The molecule has 1 unspecified atom stereocenters. The highest BCUT2D eigenvalue weighted by molar-refractivity contribution is 7.99. The molecule has 2 fully saturated rings. The van der Waals surface area contributed by atoms with Gasteiger partial charge in [-0.2, -0.15) is 11.8 Å². The number of nitrogens with zero attached hydrogens (tertiary/aromatic N) is 3. The summed E-state index contributed by atoms with van der Waals surface area (Å²) < 4.78 is 7.72. The Morgan fingerprint density at radius 2 is 2.00 bits per heavy atom. The molecule has 0 amide bonds. The number of hydrogen-bond donors (Lipinski definition) is 1. The van der Waals surface area contributed by atoms with Crippen LogP contribution in [0.1, 0.15) is 44.9 Å². The summed E-state index contributed by atoms with van der Waals surface area (Å²) in [5.41, 5.74) is 6.55. The van der Waals surface area contributed by atoms with E-state index in [1.807, 2.05) is 31.1 Å². The van der Waals surface area contributed by atoms with Crippen molar-refractivity contribution in [3.05, 3.63) is 65.4 Å². The molecule has 0 spiro atoms. The number of aliphatic imine (C=N–C) groups is 1. The summed E-state index contributed by atoms with van der Waals surface area (Å²) in [4.78, 5) is 9.69. The Hall–Kier alpha value is -2.31. The summed E-state index contributed by atoms with van der Waals surface area (Å²) in [6.07, 6.45) is 11.9. The van der Waals surface area contributed by atoms with Gasteiger partial charge in [0.2, 0.25) is 0 Å². The van der Waals surface area contributed by atoms with Gasteiger partial charge >= 0.3 is 0 Å². The van der Waals surface area contributed by atoms with Crippen molar-refractivity contribution in [2.24, 2.45) is 16.8 Å². The first kappa shape index (κ1) is 22.5. The number of rotatable bonds is 4. The van der Waals surface area contributed by atoms with E-state index in [-0.39, 0.29) is 0 Å². The van der Waals surface area contributed by atoms with Crippen LogP contribution >= 0.6 is 11.8 Å². The summed E-state index contributed by atoms with van der Waals surface area (Å²) >= 11 is 2.05. The molecule has 6 heteroatoms. The van der Waals surface area contributed by atoms with Crippen LogP contribution in [0.4, 0.5) is 5.69 Å². The van der Waals surface area contributed by atoms with Crippen LogP contribution in [-0.4, -0.2) is 40.1 Å². The molecule has 5 rings (SSSR count). The predicted octanol–water partition coefficient (Wildman–Crippen LogP) is 6.17. The first-order valence-corrected chi connectivity index (χ1v) is 13.4. The Morgan fingerprint density at radius 1 is 1.18 bits per heavy atom. The van der Waals surface area contributed by atoms with E-state index in [1.54, 1.807) is 5.57 Å². The van der Waals surface area contributed by atoms with Gasteiger partial charge in [-0.1, -0.05) is 13.0 Å². The molecule has 1 atom stereocenters. The number of hydrogen-bond acceptors (Lipinski definition) is 5. The van der Waals surface area contributed by atoms with E-state index in [4.69, 9.17) is 9.73 Å². The number of ether oxygens (including phenoxy) is 1. The second-order valence-corrected chi connectivity index (χ2v) is 10.5. The molecule has 0 aliphatic carbocycles. The van der Waals surface area contributed by atoms with Gasteiger partial charge < -0.3 is 14.6 Å². The quantitative estimate of drug-likeness (QED) is 0.591. The fourth-order valence-corrected chi connectivity index (χ4v) is 5.96. The highest BCUT2D eigenvalue weighted by Crippen LogP contribution is 2.36. The maximum absolute atomic E-state index is 5.62. The third-order valence-electron chi connectivity index (χ3n) is 7.00. The van der Waals surface area contributed by atoms with Crippen molar-refractivity contribution in [1.29, 1.82) is 0 Å². The van der Waals surface area contributed by atoms with E-state index >= 15 is 0 Å². The van der Waals surface area contributed by atoms with Crippen LogP contribution < -0.4 is 5.32 Å². The summed E-state index contributed by atoms with van der Waals surface area (Å²) in [6.45, 7) is 6.09. The molecule has 0 bridgehead atoms. The molecule has 2 saturated heterocycles. The number of nitrogens with one attached hydrogen (secondary N) is 1. The highest BCUT2D eigenvalue weighted by atomic mass is 32.2. The summed E-state index contributed by atoms with van der Waals surface area (Å²) in [5, 5.41) is 3.68. The van der Waals surface area contributed by atoms with Crippen LogP contribution in [0, 0.1) is 18.8 Å². The number of amidine groups is 1. The number of thioether (sulfide) groups is 1. The largest absolute Gasteiger partial charge is 0.381 e. The molecule has 0 saturated carbocycles. The number of fused-ring (bicyclic) bond motifs is 1. The van der Waals surface area contributed by atoms with E-state index in [1.165, 1.54) is 23.4 Å². The number of aryl methyl sites for hydroxylation is 1. The van der Waals surface area contributed by atoms with Gasteiger partial charge in [0.25, 0.3) is 0 Å². The van der Waals surface area contributed by atoms with E-state index in [0.717, 1.165) is 67.7 Å². The third kappa shape index (κ3) is 5.28. The lowest BCUT2D eigenvalue weighted by molar-refractivity contribution is 0.0664. The molecule has 1 aromatic heterocycles. The molecule has 174 valence electrons. The van der Waals surface area contributed by atoms with Crippen molar-refractivity contribution >= 4 is 23.3 Å². The highest BCUT2D eigenvalue weighted by Gasteiger charge is 2.24. The summed E-state index contributed by atoms with van der Waals surface area (Å²) in [7, 11) is 0.